The molecule has 1 aliphatic carbocycles. The Morgan fingerprint density at radius 1 is 0.967 bits per heavy atom. The van der Waals surface area contributed by atoms with Crippen molar-refractivity contribution in [3.05, 3.63) is 70.7 Å². The molecule has 30 heavy (non-hydrogen) atoms. The molecule has 158 valence electrons. The molecular formula is C25H29ClN2O2. The molecule has 4 nitrogen and oxygen atoms in total. The maximum atomic E-state index is 13.4. The second-order valence-corrected chi connectivity index (χ2v) is 8.87. The van der Waals surface area contributed by atoms with Crippen molar-refractivity contribution in [1.29, 1.82) is 0 Å². The van der Waals surface area contributed by atoms with Crippen molar-refractivity contribution in [2.45, 2.75) is 57.0 Å². The van der Waals surface area contributed by atoms with Crippen molar-refractivity contribution >= 4 is 23.4 Å². The van der Waals surface area contributed by atoms with Crippen molar-refractivity contribution < 1.29 is 9.59 Å². The highest BCUT2D eigenvalue weighted by atomic mass is 35.5. The summed E-state index contributed by atoms with van der Waals surface area (Å²) < 4.78 is 0. The van der Waals surface area contributed by atoms with Crippen molar-refractivity contribution in [2.75, 3.05) is 6.54 Å². The fraction of sp³-hybridized carbons (Fsp3) is 0.440. The van der Waals surface area contributed by atoms with Gasteiger partial charge < -0.3 is 10.2 Å². The molecule has 0 spiro atoms. The molecule has 2 fully saturated rings. The lowest BCUT2D eigenvalue weighted by atomic mass is 9.78. The molecule has 4 rings (SSSR count). The number of nitrogens with zero attached hydrogens (tertiary/aromatic N) is 1. The van der Waals surface area contributed by atoms with Gasteiger partial charge in [0.1, 0.15) is 0 Å². The third kappa shape index (κ3) is 4.70. The molecule has 0 unspecified atom stereocenters. The minimum atomic E-state index is -0.383. The zero-order chi connectivity index (χ0) is 20.9. The number of nitrogens with one attached hydrogen (secondary N) is 1. The number of likely N-dealkylation sites (tertiary alicyclic amines) is 1. The molecule has 1 saturated carbocycles. The summed E-state index contributed by atoms with van der Waals surface area (Å²) >= 11 is 6.22. The highest BCUT2D eigenvalue weighted by molar-refractivity contribution is 6.33. The number of hydrogen-bond acceptors (Lipinski definition) is 2. The van der Waals surface area contributed by atoms with Crippen LogP contribution >= 0.6 is 11.6 Å². The predicted molar refractivity (Wildman–Crippen MR) is 119 cm³/mol. The second-order valence-electron chi connectivity index (χ2n) is 8.46. The van der Waals surface area contributed by atoms with Gasteiger partial charge in [0.25, 0.3) is 5.91 Å². The minimum Gasteiger partial charge on any atom is -0.345 e. The lowest BCUT2D eigenvalue weighted by molar-refractivity contribution is -0.138. The van der Waals surface area contributed by atoms with Gasteiger partial charge in [-0.15, -0.1) is 0 Å². The van der Waals surface area contributed by atoms with Crippen LogP contribution < -0.4 is 5.32 Å². The summed E-state index contributed by atoms with van der Waals surface area (Å²) in [5.74, 6) is 0.528. The smallest absolute Gasteiger partial charge is 0.253 e. The Morgan fingerprint density at radius 2 is 1.67 bits per heavy atom. The van der Waals surface area contributed by atoms with Gasteiger partial charge in [0.05, 0.1) is 23.0 Å². The molecule has 2 aromatic carbocycles. The quantitative estimate of drug-likeness (QED) is 0.700. The van der Waals surface area contributed by atoms with Crippen LogP contribution in [-0.4, -0.2) is 29.3 Å². The Kier molecular flexibility index (Phi) is 6.73. The Labute approximate surface area is 183 Å². The van der Waals surface area contributed by atoms with E-state index in [0.717, 1.165) is 24.9 Å². The van der Waals surface area contributed by atoms with Crippen molar-refractivity contribution in [3.8, 4) is 0 Å². The second kappa shape index (κ2) is 9.65. The van der Waals surface area contributed by atoms with E-state index >= 15 is 0 Å². The summed E-state index contributed by atoms with van der Waals surface area (Å²) in [4.78, 5) is 28.4. The number of hydrogen-bond donors (Lipinski definition) is 1. The van der Waals surface area contributed by atoms with E-state index in [1.54, 1.807) is 24.3 Å². The summed E-state index contributed by atoms with van der Waals surface area (Å²) in [7, 11) is 0. The Hall–Kier alpha value is -2.33. The summed E-state index contributed by atoms with van der Waals surface area (Å²) in [6, 6.07) is 16.7. The molecule has 5 heteroatoms. The molecule has 3 atom stereocenters. The fourth-order valence-corrected chi connectivity index (χ4v) is 5.27. The first-order chi connectivity index (χ1) is 14.6. The van der Waals surface area contributed by atoms with Gasteiger partial charge >= 0.3 is 0 Å². The summed E-state index contributed by atoms with van der Waals surface area (Å²) in [6.45, 7) is 0.833. The number of carbonyl (C=O) groups is 2. The fourth-order valence-electron chi connectivity index (χ4n) is 5.05. The third-order valence-electron chi connectivity index (χ3n) is 6.57. The van der Waals surface area contributed by atoms with Crippen LogP contribution in [0.2, 0.25) is 5.02 Å². The average molecular weight is 425 g/mol. The van der Waals surface area contributed by atoms with Gasteiger partial charge in [-0.05, 0) is 49.3 Å². The van der Waals surface area contributed by atoms with E-state index in [4.69, 9.17) is 11.6 Å². The zero-order valence-electron chi connectivity index (χ0n) is 17.2. The topological polar surface area (TPSA) is 49.4 Å². The highest BCUT2D eigenvalue weighted by Gasteiger charge is 2.36. The number of carbonyl (C=O) groups excluding carboxylic acids is 2. The van der Waals surface area contributed by atoms with Crippen molar-refractivity contribution in [2.24, 2.45) is 5.92 Å². The van der Waals surface area contributed by atoms with Gasteiger partial charge in [-0.25, -0.2) is 0 Å². The molecule has 1 saturated heterocycles. The van der Waals surface area contributed by atoms with Gasteiger partial charge in [0.15, 0.2) is 0 Å². The Bertz CT molecular complexity index is 884. The van der Waals surface area contributed by atoms with E-state index in [1.165, 1.54) is 25.7 Å². The normalized spacial score (nSPS) is 22.1. The first-order valence-corrected chi connectivity index (χ1v) is 11.4. The lowest BCUT2D eigenvalue weighted by Crippen LogP contribution is -2.50. The van der Waals surface area contributed by atoms with Crippen molar-refractivity contribution in [3.63, 3.8) is 0 Å². The molecule has 2 aromatic rings. The van der Waals surface area contributed by atoms with Crippen LogP contribution in [-0.2, 0) is 4.79 Å². The summed E-state index contributed by atoms with van der Waals surface area (Å²) in [5, 5.41) is 3.47. The van der Waals surface area contributed by atoms with E-state index in [2.05, 4.69) is 10.2 Å². The van der Waals surface area contributed by atoms with E-state index in [-0.39, 0.29) is 24.3 Å². The highest BCUT2D eigenvalue weighted by Crippen LogP contribution is 2.36. The predicted octanol–water partition coefficient (Wildman–Crippen LogP) is 5.38. The number of benzene rings is 2. The van der Waals surface area contributed by atoms with Crippen LogP contribution in [0.15, 0.2) is 54.6 Å². The molecule has 0 bridgehead atoms. The van der Waals surface area contributed by atoms with Crippen LogP contribution in [0.25, 0.3) is 0 Å². The van der Waals surface area contributed by atoms with Crippen LogP contribution in [0.5, 0.6) is 0 Å². The molecule has 2 aliphatic rings. The average Bonchev–Trinajstić information content (AvgIpc) is 2.79. The Morgan fingerprint density at radius 3 is 2.47 bits per heavy atom. The number of amides is 2. The molecule has 1 heterocycles. The zero-order valence-corrected chi connectivity index (χ0v) is 18.0. The first-order valence-electron chi connectivity index (χ1n) is 11.0. The maximum Gasteiger partial charge on any atom is 0.253 e. The number of piperidine rings is 1. The van der Waals surface area contributed by atoms with Gasteiger partial charge in [-0.2, -0.15) is 0 Å². The summed E-state index contributed by atoms with van der Waals surface area (Å²) in [6.07, 6.45) is 7.41. The van der Waals surface area contributed by atoms with Crippen LogP contribution in [0.3, 0.4) is 0 Å². The SMILES string of the molecule is O=C(N[C@H](CC(=O)N1CCC[C@H]2CCCC[C@H]21)c1ccccc1)c1ccccc1Cl. The summed E-state index contributed by atoms with van der Waals surface area (Å²) in [5.41, 5.74) is 1.36. The maximum absolute atomic E-state index is 13.4. The number of rotatable bonds is 5. The lowest BCUT2D eigenvalue weighted by Gasteiger charge is -2.44. The van der Waals surface area contributed by atoms with E-state index in [0.29, 0.717) is 22.5 Å². The molecule has 0 radical (unpaired) electrons. The number of halogens is 1. The van der Waals surface area contributed by atoms with Gasteiger partial charge in [0.2, 0.25) is 5.91 Å². The molecule has 0 aromatic heterocycles. The molecule has 2 amide bonds. The van der Waals surface area contributed by atoms with Gasteiger partial charge in [-0.3, -0.25) is 9.59 Å². The van der Waals surface area contributed by atoms with Crippen LogP contribution in [0.1, 0.15) is 66.9 Å². The van der Waals surface area contributed by atoms with Gasteiger partial charge in [-0.1, -0.05) is 66.9 Å². The largest absolute Gasteiger partial charge is 0.345 e. The first kappa shape index (κ1) is 20.9. The van der Waals surface area contributed by atoms with Crippen LogP contribution in [0.4, 0.5) is 0 Å². The standard InChI is InChI=1S/C25H29ClN2O2/c26-21-14-6-5-13-20(21)25(30)27-22(18-9-2-1-3-10-18)17-24(29)28-16-8-12-19-11-4-7-15-23(19)28/h1-3,5-6,9-10,13-14,19,22-23H,4,7-8,11-12,15-17H2,(H,27,30)/t19-,22-,23-/m1/s1. The van der Waals surface area contributed by atoms with E-state index < -0.39 is 0 Å². The Balaban J connectivity index is 1.52. The molecule has 1 aliphatic heterocycles. The van der Waals surface area contributed by atoms with Gasteiger partial charge in [0, 0.05) is 12.6 Å². The van der Waals surface area contributed by atoms with Crippen molar-refractivity contribution in [1.82, 2.24) is 10.2 Å². The van der Waals surface area contributed by atoms with E-state index in [9.17, 15) is 9.59 Å². The van der Waals surface area contributed by atoms with E-state index in [1.807, 2.05) is 30.3 Å². The third-order valence-corrected chi connectivity index (χ3v) is 6.90. The monoisotopic (exact) mass is 424 g/mol. The molecular weight excluding hydrogens is 396 g/mol. The van der Waals surface area contributed by atoms with Crippen LogP contribution in [0, 0.1) is 5.92 Å². The number of fused-ring (bicyclic) bond motifs is 1. The minimum absolute atomic E-state index is 0.139. The molecule has 1 N–H and O–H groups in total.